The first-order valence-electron chi connectivity index (χ1n) is 9.65. The minimum absolute atomic E-state index is 0.321. The second-order valence-electron chi connectivity index (χ2n) is 7.24. The molecular formula is C22H22N6O. The Morgan fingerprint density at radius 3 is 2.72 bits per heavy atom. The second kappa shape index (κ2) is 7.18. The molecule has 0 spiro atoms. The Balaban J connectivity index is 1.51. The van der Waals surface area contributed by atoms with E-state index in [1.54, 1.807) is 11.6 Å². The summed E-state index contributed by atoms with van der Waals surface area (Å²) in [6.07, 6.45) is 2.86. The predicted octanol–water partition coefficient (Wildman–Crippen LogP) is 2.94. The van der Waals surface area contributed by atoms with E-state index in [0.717, 1.165) is 48.6 Å². The van der Waals surface area contributed by atoms with Gasteiger partial charge in [-0.25, -0.2) is 9.97 Å². The van der Waals surface area contributed by atoms with Crippen LogP contribution in [0.5, 0.6) is 5.75 Å². The lowest BCUT2D eigenvalue weighted by molar-refractivity contribution is 0.246. The van der Waals surface area contributed by atoms with Crippen LogP contribution in [0.1, 0.15) is 16.7 Å². The molecule has 1 aliphatic heterocycles. The Morgan fingerprint density at radius 2 is 1.86 bits per heavy atom. The summed E-state index contributed by atoms with van der Waals surface area (Å²) in [5.74, 6) is 1.62. The zero-order valence-corrected chi connectivity index (χ0v) is 16.2. The Bertz CT molecular complexity index is 1190. The van der Waals surface area contributed by atoms with Crippen LogP contribution in [0.25, 0.3) is 17.0 Å². The minimum atomic E-state index is 0.321. The van der Waals surface area contributed by atoms with Gasteiger partial charge in [0.2, 0.25) is 5.95 Å². The number of rotatable bonds is 4. The van der Waals surface area contributed by atoms with Gasteiger partial charge in [-0.1, -0.05) is 36.4 Å². The maximum atomic E-state index is 6.09. The molecule has 2 aromatic carbocycles. The van der Waals surface area contributed by atoms with Gasteiger partial charge in [-0.15, -0.1) is 5.10 Å². The predicted molar refractivity (Wildman–Crippen MR) is 111 cm³/mol. The molecule has 7 nitrogen and oxygen atoms in total. The van der Waals surface area contributed by atoms with Crippen molar-refractivity contribution in [3.05, 3.63) is 71.4 Å². The number of methoxy groups -OCH3 is 1. The van der Waals surface area contributed by atoms with E-state index in [2.05, 4.69) is 39.2 Å². The van der Waals surface area contributed by atoms with Gasteiger partial charge in [0.05, 0.1) is 12.7 Å². The van der Waals surface area contributed by atoms with E-state index in [4.69, 9.17) is 15.5 Å². The third kappa shape index (κ3) is 3.19. The van der Waals surface area contributed by atoms with Crippen molar-refractivity contribution in [3.63, 3.8) is 0 Å². The van der Waals surface area contributed by atoms with Crippen molar-refractivity contribution >= 4 is 11.6 Å². The third-order valence-corrected chi connectivity index (χ3v) is 5.42. The summed E-state index contributed by atoms with van der Waals surface area (Å²) in [6.45, 7) is 2.66. The average Bonchev–Trinajstić information content (AvgIpc) is 3.22. The Hall–Kier alpha value is -3.45. The van der Waals surface area contributed by atoms with Crippen LogP contribution in [0.3, 0.4) is 0 Å². The lowest BCUT2D eigenvalue weighted by atomic mass is 10.00. The van der Waals surface area contributed by atoms with Crippen LogP contribution in [0.4, 0.5) is 5.95 Å². The highest BCUT2D eigenvalue weighted by Gasteiger charge is 2.20. The Kier molecular flexibility index (Phi) is 4.37. The fourth-order valence-electron chi connectivity index (χ4n) is 3.92. The van der Waals surface area contributed by atoms with Crippen molar-refractivity contribution in [1.82, 2.24) is 24.5 Å². The number of fused-ring (bicyclic) bond motifs is 2. The largest absolute Gasteiger partial charge is 0.496 e. The van der Waals surface area contributed by atoms with E-state index in [1.807, 2.05) is 30.5 Å². The van der Waals surface area contributed by atoms with Crippen molar-refractivity contribution < 1.29 is 4.74 Å². The number of anilines is 1. The molecule has 0 bridgehead atoms. The maximum Gasteiger partial charge on any atom is 0.223 e. The monoisotopic (exact) mass is 386 g/mol. The number of nitrogens with two attached hydrogens (primary N) is 1. The highest BCUT2D eigenvalue weighted by atomic mass is 16.5. The number of hydrogen-bond donors (Lipinski definition) is 1. The molecule has 0 atom stereocenters. The first-order valence-corrected chi connectivity index (χ1v) is 9.65. The summed E-state index contributed by atoms with van der Waals surface area (Å²) in [7, 11) is 1.64. The standard InChI is InChI=1S/C22H22N6O/c1-29-19-9-5-4-8-18(19)20-25-21-17(12-24-22(23)28(21)26-20)14-27-11-10-15-6-2-3-7-16(15)13-27/h2-9,12H,10-11,13-14H2,1H3,(H2,23,24). The molecule has 5 rings (SSSR count). The fraction of sp³-hybridized carbons (Fsp3) is 0.227. The number of aromatic nitrogens is 4. The van der Waals surface area contributed by atoms with E-state index in [9.17, 15) is 0 Å². The van der Waals surface area contributed by atoms with Crippen LogP contribution in [0.15, 0.2) is 54.7 Å². The van der Waals surface area contributed by atoms with Crippen LogP contribution >= 0.6 is 0 Å². The van der Waals surface area contributed by atoms with Gasteiger partial charge in [0, 0.05) is 31.4 Å². The summed E-state index contributed by atoms with van der Waals surface area (Å²) >= 11 is 0. The minimum Gasteiger partial charge on any atom is -0.496 e. The quantitative estimate of drug-likeness (QED) is 0.581. The number of nitrogens with zero attached hydrogens (tertiary/aromatic N) is 5. The van der Waals surface area contributed by atoms with Gasteiger partial charge in [0.25, 0.3) is 0 Å². The van der Waals surface area contributed by atoms with E-state index in [1.165, 1.54) is 11.1 Å². The first-order chi connectivity index (χ1) is 14.2. The van der Waals surface area contributed by atoms with Crippen molar-refractivity contribution in [2.24, 2.45) is 0 Å². The Morgan fingerprint density at radius 1 is 1.07 bits per heavy atom. The molecule has 4 aromatic rings. The van der Waals surface area contributed by atoms with E-state index >= 15 is 0 Å². The van der Waals surface area contributed by atoms with E-state index in [0.29, 0.717) is 11.8 Å². The topological polar surface area (TPSA) is 81.6 Å². The van der Waals surface area contributed by atoms with Crippen LogP contribution in [-0.4, -0.2) is 38.1 Å². The summed E-state index contributed by atoms with van der Waals surface area (Å²) < 4.78 is 7.09. The summed E-state index contributed by atoms with van der Waals surface area (Å²) in [5, 5.41) is 4.60. The van der Waals surface area contributed by atoms with Crippen LogP contribution in [0.2, 0.25) is 0 Å². The second-order valence-corrected chi connectivity index (χ2v) is 7.24. The molecule has 0 aliphatic carbocycles. The number of nitrogen functional groups attached to an aromatic ring is 1. The normalized spacial score (nSPS) is 14.1. The van der Waals surface area contributed by atoms with Gasteiger partial charge in [-0.2, -0.15) is 4.52 Å². The maximum absolute atomic E-state index is 6.09. The highest BCUT2D eigenvalue weighted by Crippen LogP contribution is 2.29. The van der Waals surface area contributed by atoms with Gasteiger partial charge in [-0.05, 0) is 29.7 Å². The van der Waals surface area contributed by atoms with Crippen molar-refractivity contribution in [2.45, 2.75) is 19.5 Å². The molecule has 1 aliphatic rings. The lowest BCUT2D eigenvalue weighted by Crippen LogP contribution is -2.30. The average molecular weight is 386 g/mol. The van der Waals surface area contributed by atoms with E-state index < -0.39 is 0 Å². The molecule has 0 radical (unpaired) electrons. The number of ether oxygens (including phenoxy) is 1. The molecule has 0 saturated carbocycles. The van der Waals surface area contributed by atoms with Gasteiger partial charge in [-0.3, -0.25) is 4.90 Å². The highest BCUT2D eigenvalue weighted by molar-refractivity contribution is 5.67. The zero-order chi connectivity index (χ0) is 19.8. The van der Waals surface area contributed by atoms with Gasteiger partial charge in [0.1, 0.15) is 5.75 Å². The third-order valence-electron chi connectivity index (χ3n) is 5.42. The number of para-hydroxylation sites is 1. The SMILES string of the molecule is COc1ccccc1-c1nc2c(CN3CCc4ccccc4C3)cnc(N)n2n1. The van der Waals surface area contributed by atoms with Gasteiger partial charge < -0.3 is 10.5 Å². The van der Waals surface area contributed by atoms with Gasteiger partial charge in [0.15, 0.2) is 11.5 Å². The summed E-state index contributed by atoms with van der Waals surface area (Å²) in [6, 6.07) is 16.3. The molecule has 2 N–H and O–H groups in total. The van der Waals surface area contributed by atoms with Crippen LogP contribution in [-0.2, 0) is 19.5 Å². The summed E-state index contributed by atoms with van der Waals surface area (Å²) in [4.78, 5) is 11.5. The van der Waals surface area contributed by atoms with Crippen molar-refractivity contribution in [2.75, 3.05) is 19.4 Å². The molecule has 29 heavy (non-hydrogen) atoms. The van der Waals surface area contributed by atoms with Crippen molar-refractivity contribution in [3.8, 4) is 17.1 Å². The Labute approximate surface area is 168 Å². The van der Waals surface area contributed by atoms with Crippen LogP contribution < -0.4 is 10.5 Å². The van der Waals surface area contributed by atoms with Gasteiger partial charge >= 0.3 is 0 Å². The van der Waals surface area contributed by atoms with Crippen LogP contribution in [0, 0.1) is 0 Å². The molecular weight excluding hydrogens is 364 g/mol. The molecule has 0 unspecified atom stereocenters. The zero-order valence-electron chi connectivity index (χ0n) is 16.2. The van der Waals surface area contributed by atoms with Crippen molar-refractivity contribution in [1.29, 1.82) is 0 Å². The first kappa shape index (κ1) is 17.6. The number of hydrogen-bond acceptors (Lipinski definition) is 6. The molecule has 3 heterocycles. The molecule has 0 saturated heterocycles. The molecule has 7 heteroatoms. The molecule has 0 fully saturated rings. The molecule has 146 valence electrons. The van der Waals surface area contributed by atoms with E-state index in [-0.39, 0.29) is 0 Å². The lowest BCUT2D eigenvalue weighted by Gasteiger charge is -2.28. The molecule has 2 aromatic heterocycles. The molecule has 0 amide bonds. The fourth-order valence-corrected chi connectivity index (χ4v) is 3.92. The summed E-state index contributed by atoms with van der Waals surface area (Å²) in [5.41, 5.74) is 11.5. The number of benzene rings is 2. The smallest absolute Gasteiger partial charge is 0.223 e.